The van der Waals surface area contributed by atoms with Crippen LogP contribution in [0.5, 0.6) is 0 Å². The summed E-state index contributed by atoms with van der Waals surface area (Å²) in [5, 5.41) is 8.22. The third-order valence-corrected chi connectivity index (χ3v) is 8.38. The van der Waals surface area contributed by atoms with Gasteiger partial charge in [0.15, 0.2) is 0 Å². The van der Waals surface area contributed by atoms with Crippen LogP contribution in [0.25, 0.3) is 0 Å². The lowest BCUT2D eigenvalue weighted by atomic mass is 9.97. The Morgan fingerprint density at radius 3 is 1.44 bits per heavy atom. The van der Waals surface area contributed by atoms with E-state index in [1.54, 1.807) is 48.5 Å². The Labute approximate surface area is 324 Å². The topological polar surface area (TPSA) is 184 Å². The van der Waals surface area contributed by atoms with Crippen molar-refractivity contribution in [3.05, 3.63) is 83.7 Å². The molecule has 3 amide bonds. The molecule has 0 saturated heterocycles. The molecule has 1 aliphatic rings. The fourth-order valence-electron chi connectivity index (χ4n) is 5.37. The third-order valence-electron chi connectivity index (χ3n) is 8.38. The highest BCUT2D eigenvalue weighted by Gasteiger charge is 2.38. The highest BCUT2D eigenvalue weighted by atomic mass is 16.7. The summed E-state index contributed by atoms with van der Waals surface area (Å²) in [6, 6.07) is 13.7. The summed E-state index contributed by atoms with van der Waals surface area (Å²) < 4.78 is 0. The number of amides is 3. The second-order valence-electron chi connectivity index (χ2n) is 16.3. The average Bonchev–Trinajstić information content (AvgIpc) is 3.60. The first-order chi connectivity index (χ1) is 25.7. The molecule has 0 saturated carbocycles. The molecule has 2 aromatic carbocycles. The molecule has 14 heteroatoms. The zero-order chi connectivity index (χ0) is 41.1. The zero-order valence-electron chi connectivity index (χ0n) is 33.6. The SMILES string of the molecule is CC(C)[C@H](NOC(C)(C)C)C(=O)N[C@@H](Cc1ccccc1)C(=O)C(=O)C1=CN(C(=O)C(=O)[C@H](Cc2ccccc2)NC(=O)[C@@H](NOC(C)(C)C)C(C)C)CN1. The number of carbonyl (C=O) groups excluding carboxylic acids is 6. The number of allylic oxidation sites excluding steroid dienone is 1. The maximum Gasteiger partial charge on any atom is 0.297 e. The molecule has 1 aliphatic heterocycles. The summed E-state index contributed by atoms with van der Waals surface area (Å²) in [4.78, 5) is 94.3. The normalized spacial score (nSPS) is 15.4. The Hall–Kier alpha value is -4.76. The van der Waals surface area contributed by atoms with Crippen molar-refractivity contribution in [2.24, 2.45) is 11.8 Å². The molecule has 4 atom stereocenters. The van der Waals surface area contributed by atoms with Crippen molar-refractivity contribution in [3.8, 4) is 0 Å². The van der Waals surface area contributed by atoms with Gasteiger partial charge in [-0.2, -0.15) is 11.0 Å². The predicted octanol–water partition coefficient (Wildman–Crippen LogP) is 3.07. The number of hydrogen-bond donors (Lipinski definition) is 5. The van der Waals surface area contributed by atoms with Gasteiger partial charge in [0.25, 0.3) is 5.91 Å². The van der Waals surface area contributed by atoms with Crippen molar-refractivity contribution < 1.29 is 38.4 Å². The first-order valence-corrected chi connectivity index (χ1v) is 18.6. The fraction of sp³-hybridized carbons (Fsp3) is 0.512. The molecule has 0 radical (unpaired) electrons. The molecule has 5 N–H and O–H groups in total. The van der Waals surface area contributed by atoms with Gasteiger partial charge in [-0.3, -0.25) is 43.3 Å². The first-order valence-electron chi connectivity index (χ1n) is 18.6. The Kier molecular flexibility index (Phi) is 16.0. The van der Waals surface area contributed by atoms with Gasteiger partial charge in [0, 0.05) is 19.0 Å². The van der Waals surface area contributed by atoms with Crippen LogP contribution in [0.2, 0.25) is 0 Å². The fourth-order valence-corrected chi connectivity index (χ4v) is 5.37. The lowest BCUT2D eigenvalue weighted by Crippen LogP contribution is -2.55. The van der Waals surface area contributed by atoms with E-state index in [9.17, 15) is 28.8 Å². The Morgan fingerprint density at radius 1 is 0.655 bits per heavy atom. The molecule has 300 valence electrons. The standard InChI is InChI=1S/C41H58N6O8/c1-25(2)32(45-54-40(5,6)7)37(51)43-29(21-27-17-13-11-14-18-27)34(48)35(49)31-23-47(24-42-31)39(53)36(50)30(22-28-19-15-12-16-20-28)44-38(52)33(26(3)4)46-55-41(8,9)10/h11-20,23,25-26,29-30,32-33,42,45-46H,21-22,24H2,1-10H3,(H,43,51)(H,44,52)/t29-,30-,32-,33-/m0/s1. The Morgan fingerprint density at radius 2 is 1.05 bits per heavy atom. The molecule has 0 unspecified atom stereocenters. The van der Waals surface area contributed by atoms with Crippen LogP contribution in [0, 0.1) is 11.8 Å². The number of Topliss-reactive ketones (excluding diaryl/α,β-unsaturated/α-hetero) is 3. The van der Waals surface area contributed by atoms with Crippen LogP contribution in [0.3, 0.4) is 0 Å². The van der Waals surface area contributed by atoms with Crippen LogP contribution in [0.4, 0.5) is 0 Å². The van der Waals surface area contributed by atoms with E-state index in [1.807, 2.05) is 81.4 Å². The molecule has 2 aromatic rings. The van der Waals surface area contributed by atoms with Gasteiger partial charge in [-0.25, -0.2) is 0 Å². The summed E-state index contributed by atoms with van der Waals surface area (Å²) >= 11 is 0. The molecular formula is C41H58N6O8. The van der Waals surface area contributed by atoms with E-state index in [0.29, 0.717) is 11.1 Å². The molecule has 0 aliphatic carbocycles. The highest BCUT2D eigenvalue weighted by molar-refractivity contribution is 6.45. The second kappa shape index (κ2) is 19.7. The minimum atomic E-state index is -1.26. The first kappa shape index (κ1) is 44.6. The molecule has 3 rings (SSSR count). The van der Waals surface area contributed by atoms with Crippen molar-refractivity contribution in [1.29, 1.82) is 0 Å². The van der Waals surface area contributed by atoms with E-state index in [0.717, 1.165) is 11.1 Å². The molecule has 0 spiro atoms. The number of nitrogens with zero attached hydrogens (tertiary/aromatic N) is 1. The Bertz CT molecular complexity index is 1680. The quantitative estimate of drug-likeness (QED) is 0.105. The average molecular weight is 763 g/mol. The molecule has 0 bridgehead atoms. The van der Waals surface area contributed by atoms with Gasteiger partial charge in [-0.1, -0.05) is 88.4 Å². The van der Waals surface area contributed by atoms with Gasteiger partial charge < -0.3 is 16.0 Å². The molecular weight excluding hydrogens is 704 g/mol. The van der Waals surface area contributed by atoms with E-state index in [1.165, 1.54) is 0 Å². The number of benzene rings is 2. The van der Waals surface area contributed by atoms with Crippen molar-refractivity contribution in [3.63, 3.8) is 0 Å². The number of carbonyl (C=O) groups is 6. The van der Waals surface area contributed by atoms with Crippen molar-refractivity contribution >= 4 is 35.1 Å². The number of ketones is 3. The number of hydrogen-bond acceptors (Lipinski definition) is 11. The summed E-state index contributed by atoms with van der Waals surface area (Å²) in [5.74, 6) is -5.37. The third kappa shape index (κ3) is 14.1. The van der Waals surface area contributed by atoms with Crippen molar-refractivity contribution in [1.82, 2.24) is 31.8 Å². The maximum absolute atomic E-state index is 13.8. The van der Waals surface area contributed by atoms with Crippen LogP contribution in [0.1, 0.15) is 80.4 Å². The molecule has 0 aromatic heterocycles. The van der Waals surface area contributed by atoms with Crippen molar-refractivity contribution in [2.45, 2.75) is 117 Å². The largest absolute Gasteiger partial charge is 0.363 e. The summed E-state index contributed by atoms with van der Waals surface area (Å²) in [6.45, 7) is 17.9. The van der Waals surface area contributed by atoms with Crippen molar-refractivity contribution in [2.75, 3.05) is 6.67 Å². The zero-order valence-corrected chi connectivity index (χ0v) is 33.6. The minimum Gasteiger partial charge on any atom is -0.363 e. The molecule has 1 heterocycles. The summed E-state index contributed by atoms with van der Waals surface area (Å²) in [6.07, 6.45) is 1.14. The van der Waals surface area contributed by atoms with Gasteiger partial charge in [0.05, 0.1) is 23.9 Å². The summed E-state index contributed by atoms with van der Waals surface area (Å²) in [5.41, 5.74) is 5.58. The van der Waals surface area contributed by atoms with Gasteiger partial charge in [-0.15, -0.1) is 0 Å². The maximum atomic E-state index is 13.8. The van der Waals surface area contributed by atoms with Gasteiger partial charge >= 0.3 is 0 Å². The van der Waals surface area contributed by atoms with Gasteiger partial charge in [0.1, 0.15) is 23.8 Å². The van der Waals surface area contributed by atoms with Crippen LogP contribution >= 0.6 is 0 Å². The van der Waals surface area contributed by atoms with Crippen LogP contribution in [-0.4, -0.2) is 82.0 Å². The van der Waals surface area contributed by atoms with E-state index < -0.39 is 70.4 Å². The minimum absolute atomic E-state index is 0.0182. The summed E-state index contributed by atoms with van der Waals surface area (Å²) in [7, 11) is 0. The molecule has 0 fully saturated rings. The van der Waals surface area contributed by atoms with E-state index in [-0.39, 0.29) is 37.0 Å². The molecule has 14 nitrogen and oxygen atoms in total. The highest BCUT2D eigenvalue weighted by Crippen LogP contribution is 2.15. The van der Waals surface area contributed by atoms with E-state index in [2.05, 4.69) is 26.9 Å². The van der Waals surface area contributed by atoms with Crippen LogP contribution in [0.15, 0.2) is 72.6 Å². The van der Waals surface area contributed by atoms with Crippen LogP contribution < -0.4 is 26.9 Å². The predicted molar refractivity (Wildman–Crippen MR) is 207 cm³/mol. The van der Waals surface area contributed by atoms with Gasteiger partial charge in [-0.05, 0) is 64.5 Å². The van der Waals surface area contributed by atoms with E-state index >= 15 is 0 Å². The number of nitrogens with one attached hydrogen (secondary N) is 5. The number of rotatable bonds is 19. The van der Waals surface area contributed by atoms with Crippen LogP contribution in [-0.2, 0) is 51.3 Å². The smallest absolute Gasteiger partial charge is 0.297 e. The van der Waals surface area contributed by atoms with Gasteiger partial charge in [0.2, 0.25) is 29.2 Å². The van der Waals surface area contributed by atoms with E-state index in [4.69, 9.17) is 9.68 Å². The molecule has 55 heavy (non-hydrogen) atoms. The number of hydroxylamine groups is 2. The second-order valence-corrected chi connectivity index (χ2v) is 16.3. The Balaban J connectivity index is 1.83. The lowest BCUT2D eigenvalue weighted by Gasteiger charge is -2.28. The monoisotopic (exact) mass is 762 g/mol. The lowest BCUT2D eigenvalue weighted by molar-refractivity contribution is -0.146.